The molecule has 0 aromatic heterocycles. The molecule has 3 heteroatoms. The van der Waals surface area contributed by atoms with E-state index in [1.165, 1.54) is 5.56 Å². The van der Waals surface area contributed by atoms with E-state index >= 15 is 0 Å². The van der Waals surface area contributed by atoms with Crippen LogP contribution >= 0.6 is 0 Å². The Hall–Kier alpha value is -1.35. The SMILES string of the molecule is Cc1ccccc1CC(=O)N1CCC(C)C(N)C1. The Labute approximate surface area is 109 Å². The Balaban J connectivity index is 1.99. The van der Waals surface area contributed by atoms with Gasteiger partial charge in [0.2, 0.25) is 5.91 Å². The summed E-state index contributed by atoms with van der Waals surface area (Å²) in [4.78, 5) is 14.2. The molecule has 2 atom stereocenters. The number of hydrogen-bond acceptors (Lipinski definition) is 2. The van der Waals surface area contributed by atoms with E-state index in [1.807, 2.05) is 36.1 Å². The monoisotopic (exact) mass is 246 g/mol. The van der Waals surface area contributed by atoms with Crippen LogP contribution in [0, 0.1) is 12.8 Å². The molecule has 98 valence electrons. The van der Waals surface area contributed by atoms with E-state index in [2.05, 4.69) is 6.92 Å². The third-order valence-electron chi connectivity index (χ3n) is 3.97. The molecule has 1 aromatic rings. The van der Waals surface area contributed by atoms with Gasteiger partial charge in [-0.2, -0.15) is 0 Å². The zero-order chi connectivity index (χ0) is 13.1. The summed E-state index contributed by atoms with van der Waals surface area (Å²) < 4.78 is 0. The molecular formula is C15H22N2O. The quantitative estimate of drug-likeness (QED) is 0.864. The van der Waals surface area contributed by atoms with Crippen molar-refractivity contribution in [2.24, 2.45) is 11.7 Å². The van der Waals surface area contributed by atoms with Crippen LogP contribution in [0.5, 0.6) is 0 Å². The molecule has 0 radical (unpaired) electrons. The zero-order valence-corrected chi connectivity index (χ0v) is 11.2. The van der Waals surface area contributed by atoms with Crippen molar-refractivity contribution in [1.29, 1.82) is 0 Å². The highest BCUT2D eigenvalue weighted by Gasteiger charge is 2.26. The lowest BCUT2D eigenvalue weighted by atomic mass is 9.94. The molecule has 2 rings (SSSR count). The Morgan fingerprint density at radius 3 is 2.83 bits per heavy atom. The normalized spacial score (nSPS) is 24.1. The second kappa shape index (κ2) is 5.53. The first kappa shape index (κ1) is 13.1. The van der Waals surface area contributed by atoms with Gasteiger partial charge in [0.1, 0.15) is 0 Å². The van der Waals surface area contributed by atoms with Crippen LogP contribution in [0.2, 0.25) is 0 Å². The van der Waals surface area contributed by atoms with Crippen molar-refractivity contribution in [3.05, 3.63) is 35.4 Å². The second-order valence-corrected chi connectivity index (χ2v) is 5.37. The molecule has 1 heterocycles. The van der Waals surface area contributed by atoms with Crippen molar-refractivity contribution in [2.75, 3.05) is 13.1 Å². The smallest absolute Gasteiger partial charge is 0.227 e. The van der Waals surface area contributed by atoms with Gasteiger partial charge in [-0.3, -0.25) is 4.79 Å². The van der Waals surface area contributed by atoms with Crippen LogP contribution in [0.3, 0.4) is 0 Å². The standard InChI is InChI=1S/C15H22N2O/c1-11-5-3-4-6-13(11)9-15(18)17-8-7-12(2)14(16)10-17/h3-6,12,14H,7-10,16H2,1-2H3. The van der Waals surface area contributed by atoms with Crippen molar-refractivity contribution < 1.29 is 4.79 Å². The van der Waals surface area contributed by atoms with Crippen LogP contribution < -0.4 is 5.73 Å². The summed E-state index contributed by atoms with van der Waals surface area (Å²) in [5.41, 5.74) is 8.34. The van der Waals surface area contributed by atoms with Crippen LogP contribution in [0.1, 0.15) is 24.5 Å². The average Bonchev–Trinajstić information content (AvgIpc) is 2.35. The van der Waals surface area contributed by atoms with Crippen molar-refractivity contribution in [1.82, 2.24) is 4.90 Å². The molecule has 1 fully saturated rings. The third-order valence-corrected chi connectivity index (χ3v) is 3.97. The van der Waals surface area contributed by atoms with Crippen molar-refractivity contribution in [3.63, 3.8) is 0 Å². The number of nitrogens with two attached hydrogens (primary N) is 1. The van der Waals surface area contributed by atoms with Gasteiger partial charge in [-0.15, -0.1) is 0 Å². The molecule has 1 aliphatic rings. The summed E-state index contributed by atoms with van der Waals surface area (Å²) in [5, 5.41) is 0. The number of benzene rings is 1. The van der Waals surface area contributed by atoms with Crippen LogP contribution in [0.25, 0.3) is 0 Å². The molecule has 2 unspecified atom stereocenters. The van der Waals surface area contributed by atoms with Crippen LogP contribution in [-0.2, 0) is 11.2 Å². The first-order chi connectivity index (χ1) is 8.58. The van der Waals surface area contributed by atoms with E-state index in [4.69, 9.17) is 5.73 Å². The number of likely N-dealkylation sites (tertiary alicyclic amines) is 1. The van der Waals surface area contributed by atoms with E-state index in [1.54, 1.807) is 0 Å². The molecule has 3 nitrogen and oxygen atoms in total. The Bertz CT molecular complexity index is 430. The number of nitrogens with zero attached hydrogens (tertiary/aromatic N) is 1. The highest BCUT2D eigenvalue weighted by molar-refractivity contribution is 5.79. The Morgan fingerprint density at radius 1 is 1.44 bits per heavy atom. The van der Waals surface area contributed by atoms with E-state index in [9.17, 15) is 4.79 Å². The highest BCUT2D eigenvalue weighted by Crippen LogP contribution is 2.17. The molecule has 1 aliphatic heterocycles. The fraction of sp³-hybridized carbons (Fsp3) is 0.533. The van der Waals surface area contributed by atoms with Crippen molar-refractivity contribution >= 4 is 5.91 Å². The molecule has 0 spiro atoms. The fourth-order valence-corrected chi connectivity index (χ4v) is 2.41. The summed E-state index contributed by atoms with van der Waals surface area (Å²) in [6.07, 6.45) is 1.51. The summed E-state index contributed by atoms with van der Waals surface area (Å²) in [7, 11) is 0. The van der Waals surface area contributed by atoms with E-state index in [0.29, 0.717) is 18.9 Å². The minimum absolute atomic E-state index is 0.125. The van der Waals surface area contributed by atoms with Gasteiger partial charge in [-0.25, -0.2) is 0 Å². The largest absolute Gasteiger partial charge is 0.341 e. The number of piperidine rings is 1. The zero-order valence-electron chi connectivity index (χ0n) is 11.2. The van der Waals surface area contributed by atoms with Crippen LogP contribution in [0.15, 0.2) is 24.3 Å². The molecule has 1 amide bonds. The van der Waals surface area contributed by atoms with Gasteiger partial charge in [-0.05, 0) is 30.4 Å². The Morgan fingerprint density at radius 2 is 2.17 bits per heavy atom. The first-order valence-corrected chi connectivity index (χ1v) is 6.66. The number of hydrogen-bond donors (Lipinski definition) is 1. The van der Waals surface area contributed by atoms with Gasteiger partial charge in [-0.1, -0.05) is 31.2 Å². The molecular weight excluding hydrogens is 224 g/mol. The molecule has 2 N–H and O–H groups in total. The van der Waals surface area contributed by atoms with Gasteiger partial charge < -0.3 is 10.6 Å². The van der Waals surface area contributed by atoms with Crippen LogP contribution in [0.4, 0.5) is 0 Å². The molecule has 1 aromatic carbocycles. The van der Waals surface area contributed by atoms with Gasteiger partial charge in [0.25, 0.3) is 0 Å². The van der Waals surface area contributed by atoms with Gasteiger partial charge in [0.15, 0.2) is 0 Å². The number of rotatable bonds is 2. The van der Waals surface area contributed by atoms with Crippen molar-refractivity contribution in [2.45, 2.75) is 32.7 Å². The maximum atomic E-state index is 12.2. The fourth-order valence-electron chi connectivity index (χ4n) is 2.41. The third kappa shape index (κ3) is 2.91. The predicted octanol–water partition coefficient (Wildman–Crippen LogP) is 1.73. The minimum atomic E-state index is 0.125. The maximum absolute atomic E-state index is 12.2. The number of carbonyl (C=O) groups is 1. The molecule has 18 heavy (non-hydrogen) atoms. The lowest BCUT2D eigenvalue weighted by Crippen LogP contribution is -2.50. The lowest BCUT2D eigenvalue weighted by molar-refractivity contribution is -0.132. The van der Waals surface area contributed by atoms with E-state index in [0.717, 1.165) is 18.5 Å². The first-order valence-electron chi connectivity index (χ1n) is 6.66. The van der Waals surface area contributed by atoms with Crippen LogP contribution in [-0.4, -0.2) is 29.9 Å². The van der Waals surface area contributed by atoms with Gasteiger partial charge in [0.05, 0.1) is 6.42 Å². The average molecular weight is 246 g/mol. The molecule has 0 bridgehead atoms. The predicted molar refractivity (Wildman–Crippen MR) is 73.2 cm³/mol. The molecule has 0 aliphatic carbocycles. The summed E-state index contributed by atoms with van der Waals surface area (Å²) in [6.45, 7) is 5.76. The van der Waals surface area contributed by atoms with Gasteiger partial charge in [0, 0.05) is 19.1 Å². The van der Waals surface area contributed by atoms with E-state index in [-0.39, 0.29) is 11.9 Å². The topological polar surface area (TPSA) is 46.3 Å². The number of carbonyl (C=O) groups excluding carboxylic acids is 1. The van der Waals surface area contributed by atoms with Gasteiger partial charge >= 0.3 is 0 Å². The summed E-state index contributed by atoms with van der Waals surface area (Å²) in [6, 6.07) is 8.19. The Kier molecular flexibility index (Phi) is 4.02. The number of aryl methyl sites for hydroxylation is 1. The van der Waals surface area contributed by atoms with Crippen molar-refractivity contribution in [3.8, 4) is 0 Å². The molecule has 0 saturated carbocycles. The highest BCUT2D eigenvalue weighted by atomic mass is 16.2. The molecule has 1 saturated heterocycles. The summed E-state index contributed by atoms with van der Waals surface area (Å²) in [5.74, 6) is 0.721. The van der Waals surface area contributed by atoms with E-state index < -0.39 is 0 Å². The number of amides is 1. The maximum Gasteiger partial charge on any atom is 0.227 e. The lowest BCUT2D eigenvalue weighted by Gasteiger charge is -2.35. The minimum Gasteiger partial charge on any atom is -0.341 e. The second-order valence-electron chi connectivity index (χ2n) is 5.37. The summed E-state index contributed by atoms with van der Waals surface area (Å²) >= 11 is 0.